The van der Waals surface area contributed by atoms with E-state index in [-0.39, 0.29) is 6.04 Å². The lowest BCUT2D eigenvalue weighted by Gasteiger charge is -2.10. The third-order valence-electron chi connectivity index (χ3n) is 2.64. The van der Waals surface area contributed by atoms with Crippen molar-refractivity contribution in [3.05, 3.63) is 47.8 Å². The molecule has 1 aromatic heterocycles. The van der Waals surface area contributed by atoms with E-state index < -0.39 is 0 Å². The minimum absolute atomic E-state index is 0.209. The molecular weight excluding hydrogens is 200 g/mol. The van der Waals surface area contributed by atoms with Crippen LogP contribution in [-0.2, 0) is 6.42 Å². The van der Waals surface area contributed by atoms with Crippen LogP contribution >= 0.6 is 0 Å². The second-order valence-electron chi connectivity index (χ2n) is 3.82. The molecule has 0 spiro atoms. The molecule has 0 amide bonds. The maximum Gasteiger partial charge on any atom is 0.0839 e. The number of benzene rings is 1. The Kier molecular flexibility index (Phi) is 3.31. The van der Waals surface area contributed by atoms with Crippen LogP contribution in [0.3, 0.4) is 0 Å². The molecule has 1 atom stereocenters. The van der Waals surface area contributed by atoms with Crippen molar-refractivity contribution in [1.82, 2.24) is 15.0 Å². The van der Waals surface area contributed by atoms with Crippen LogP contribution in [0, 0.1) is 0 Å². The van der Waals surface area contributed by atoms with Gasteiger partial charge in [0, 0.05) is 12.6 Å². The van der Waals surface area contributed by atoms with Crippen LogP contribution < -0.4 is 5.73 Å². The van der Waals surface area contributed by atoms with Gasteiger partial charge in [-0.3, -0.25) is 0 Å². The summed E-state index contributed by atoms with van der Waals surface area (Å²) < 4.78 is 1.88. The van der Waals surface area contributed by atoms with Gasteiger partial charge < -0.3 is 5.73 Å². The number of hydrogen-bond acceptors (Lipinski definition) is 3. The SMILES string of the molecule is CC(c1ccccc1)n1cc(CCN)nn1. The lowest BCUT2D eigenvalue weighted by Crippen LogP contribution is -2.07. The number of aromatic nitrogens is 3. The summed E-state index contributed by atoms with van der Waals surface area (Å²) in [5.41, 5.74) is 7.66. The van der Waals surface area contributed by atoms with E-state index in [0.717, 1.165) is 12.1 Å². The van der Waals surface area contributed by atoms with Crippen LogP contribution in [0.15, 0.2) is 36.5 Å². The van der Waals surface area contributed by atoms with Gasteiger partial charge in [0.25, 0.3) is 0 Å². The first-order chi connectivity index (χ1) is 7.81. The zero-order chi connectivity index (χ0) is 11.4. The smallest absolute Gasteiger partial charge is 0.0839 e. The summed E-state index contributed by atoms with van der Waals surface area (Å²) in [6.45, 7) is 2.72. The number of nitrogens with two attached hydrogens (primary N) is 1. The van der Waals surface area contributed by atoms with Gasteiger partial charge in [0.1, 0.15) is 0 Å². The molecule has 0 aliphatic carbocycles. The van der Waals surface area contributed by atoms with Crippen molar-refractivity contribution in [3.63, 3.8) is 0 Å². The molecule has 2 rings (SSSR count). The minimum atomic E-state index is 0.209. The predicted molar refractivity (Wildman–Crippen MR) is 63.0 cm³/mol. The van der Waals surface area contributed by atoms with Crippen molar-refractivity contribution in [2.24, 2.45) is 5.73 Å². The predicted octanol–water partition coefficient (Wildman–Crippen LogP) is 1.39. The first-order valence-corrected chi connectivity index (χ1v) is 5.47. The van der Waals surface area contributed by atoms with Gasteiger partial charge in [-0.2, -0.15) is 0 Å². The molecule has 1 heterocycles. The third-order valence-corrected chi connectivity index (χ3v) is 2.64. The molecule has 2 N–H and O–H groups in total. The Morgan fingerprint density at radius 2 is 2.06 bits per heavy atom. The Morgan fingerprint density at radius 3 is 2.75 bits per heavy atom. The van der Waals surface area contributed by atoms with Crippen molar-refractivity contribution in [1.29, 1.82) is 0 Å². The molecule has 0 saturated heterocycles. The lowest BCUT2D eigenvalue weighted by molar-refractivity contribution is 0.543. The fourth-order valence-electron chi connectivity index (χ4n) is 1.65. The van der Waals surface area contributed by atoms with Gasteiger partial charge in [-0.1, -0.05) is 35.5 Å². The van der Waals surface area contributed by atoms with Crippen LogP contribution in [0.4, 0.5) is 0 Å². The largest absolute Gasteiger partial charge is 0.330 e. The van der Waals surface area contributed by atoms with E-state index in [4.69, 9.17) is 5.73 Å². The van der Waals surface area contributed by atoms with Gasteiger partial charge in [-0.15, -0.1) is 5.10 Å². The fraction of sp³-hybridized carbons (Fsp3) is 0.333. The highest BCUT2D eigenvalue weighted by molar-refractivity contribution is 5.18. The van der Waals surface area contributed by atoms with Crippen molar-refractivity contribution in [2.45, 2.75) is 19.4 Å². The maximum atomic E-state index is 5.48. The number of hydrogen-bond donors (Lipinski definition) is 1. The Morgan fingerprint density at radius 1 is 1.31 bits per heavy atom. The average Bonchev–Trinajstić information content (AvgIpc) is 2.78. The second kappa shape index (κ2) is 4.90. The molecule has 16 heavy (non-hydrogen) atoms. The Balaban J connectivity index is 2.17. The lowest BCUT2D eigenvalue weighted by atomic mass is 10.1. The molecule has 0 aliphatic rings. The van der Waals surface area contributed by atoms with Crippen LogP contribution in [0.25, 0.3) is 0 Å². The molecule has 0 fully saturated rings. The van der Waals surface area contributed by atoms with E-state index in [1.54, 1.807) is 0 Å². The Labute approximate surface area is 95.1 Å². The summed E-state index contributed by atoms with van der Waals surface area (Å²) in [4.78, 5) is 0. The van der Waals surface area contributed by atoms with Gasteiger partial charge in [0.2, 0.25) is 0 Å². The quantitative estimate of drug-likeness (QED) is 0.840. The van der Waals surface area contributed by atoms with Gasteiger partial charge in [0.15, 0.2) is 0 Å². The standard InChI is InChI=1S/C12H16N4/c1-10(11-5-3-2-4-6-11)16-9-12(7-8-13)14-15-16/h2-6,9-10H,7-8,13H2,1H3. The van der Waals surface area contributed by atoms with E-state index in [1.165, 1.54) is 5.56 Å². The maximum absolute atomic E-state index is 5.48. The topological polar surface area (TPSA) is 56.7 Å². The molecule has 2 aromatic rings. The molecule has 0 saturated carbocycles. The molecule has 4 heteroatoms. The summed E-state index contributed by atoms with van der Waals surface area (Å²) in [6, 6.07) is 10.5. The molecule has 4 nitrogen and oxygen atoms in total. The van der Waals surface area contributed by atoms with Crippen LogP contribution in [0.5, 0.6) is 0 Å². The first kappa shape index (κ1) is 10.8. The minimum Gasteiger partial charge on any atom is -0.330 e. The molecule has 1 aromatic carbocycles. The van der Waals surface area contributed by atoms with Gasteiger partial charge in [-0.25, -0.2) is 4.68 Å². The summed E-state index contributed by atoms with van der Waals surface area (Å²) >= 11 is 0. The van der Waals surface area contributed by atoms with Gasteiger partial charge >= 0.3 is 0 Å². The molecular formula is C12H16N4. The van der Waals surface area contributed by atoms with Crippen molar-refractivity contribution < 1.29 is 0 Å². The monoisotopic (exact) mass is 216 g/mol. The normalized spacial score (nSPS) is 12.6. The first-order valence-electron chi connectivity index (χ1n) is 5.47. The highest BCUT2D eigenvalue weighted by Gasteiger charge is 2.09. The van der Waals surface area contributed by atoms with E-state index in [1.807, 2.05) is 29.1 Å². The van der Waals surface area contributed by atoms with Crippen LogP contribution in [0.2, 0.25) is 0 Å². The molecule has 1 unspecified atom stereocenters. The second-order valence-corrected chi connectivity index (χ2v) is 3.82. The van der Waals surface area contributed by atoms with Gasteiger partial charge in [-0.05, 0) is 19.0 Å². The molecule has 0 aliphatic heterocycles. The zero-order valence-electron chi connectivity index (χ0n) is 9.37. The van der Waals surface area contributed by atoms with E-state index in [0.29, 0.717) is 6.54 Å². The van der Waals surface area contributed by atoms with E-state index >= 15 is 0 Å². The average molecular weight is 216 g/mol. The summed E-state index contributed by atoms with van der Waals surface area (Å²) in [5.74, 6) is 0. The third kappa shape index (κ3) is 2.28. The highest BCUT2D eigenvalue weighted by Crippen LogP contribution is 2.15. The summed E-state index contributed by atoms with van der Waals surface area (Å²) in [7, 11) is 0. The summed E-state index contributed by atoms with van der Waals surface area (Å²) in [6.07, 6.45) is 2.74. The Bertz CT molecular complexity index is 435. The fourth-order valence-corrected chi connectivity index (χ4v) is 1.65. The van der Waals surface area contributed by atoms with Crippen molar-refractivity contribution in [3.8, 4) is 0 Å². The number of rotatable bonds is 4. The highest BCUT2D eigenvalue weighted by atomic mass is 15.4. The van der Waals surface area contributed by atoms with Crippen LogP contribution in [0.1, 0.15) is 24.2 Å². The van der Waals surface area contributed by atoms with E-state index in [2.05, 4.69) is 29.4 Å². The number of nitrogens with zero attached hydrogens (tertiary/aromatic N) is 3. The molecule has 84 valence electrons. The summed E-state index contributed by atoms with van der Waals surface area (Å²) in [5, 5.41) is 8.21. The van der Waals surface area contributed by atoms with Crippen LogP contribution in [-0.4, -0.2) is 21.5 Å². The van der Waals surface area contributed by atoms with Gasteiger partial charge in [0.05, 0.1) is 11.7 Å². The molecule has 0 bridgehead atoms. The molecule has 0 radical (unpaired) electrons. The van der Waals surface area contributed by atoms with Crippen molar-refractivity contribution in [2.75, 3.05) is 6.54 Å². The Hall–Kier alpha value is -1.68. The zero-order valence-corrected chi connectivity index (χ0v) is 9.37. The van der Waals surface area contributed by atoms with Crippen molar-refractivity contribution >= 4 is 0 Å². The van der Waals surface area contributed by atoms with E-state index in [9.17, 15) is 0 Å².